The van der Waals surface area contributed by atoms with E-state index < -0.39 is 5.91 Å². The standard InChI is InChI=1S/C9H12N2O2/c1-2-6-7(9(10)12)8(13-11-6)5-3-4-5/h5H,2-4H2,1H3,(H2,10,12). The molecule has 2 rings (SSSR count). The van der Waals surface area contributed by atoms with E-state index in [1.54, 1.807) is 0 Å². The molecule has 0 saturated heterocycles. The van der Waals surface area contributed by atoms with E-state index in [9.17, 15) is 4.79 Å². The van der Waals surface area contributed by atoms with E-state index in [-0.39, 0.29) is 0 Å². The Kier molecular flexibility index (Phi) is 1.83. The van der Waals surface area contributed by atoms with Crippen LogP contribution < -0.4 is 5.73 Å². The van der Waals surface area contributed by atoms with Crippen molar-refractivity contribution in [2.24, 2.45) is 5.73 Å². The first-order valence-corrected chi connectivity index (χ1v) is 4.52. The van der Waals surface area contributed by atoms with Crippen LogP contribution in [0.4, 0.5) is 0 Å². The van der Waals surface area contributed by atoms with Gasteiger partial charge in [0.25, 0.3) is 5.91 Å². The number of carbonyl (C=O) groups excluding carboxylic acids is 1. The molecule has 2 N–H and O–H groups in total. The molecule has 4 nitrogen and oxygen atoms in total. The largest absolute Gasteiger partial charge is 0.365 e. The summed E-state index contributed by atoms with van der Waals surface area (Å²) in [6.07, 6.45) is 2.85. The molecule has 70 valence electrons. The summed E-state index contributed by atoms with van der Waals surface area (Å²) in [6.45, 7) is 1.93. The predicted octanol–water partition coefficient (Wildman–Crippen LogP) is 1.21. The maximum atomic E-state index is 11.1. The van der Waals surface area contributed by atoms with Crippen molar-refractivity contribution in [3.63, 3.8) is 0 Å². The molecule has 0 radical (unpaired) electrons. The van der Waals surface area contributed by atoms with Crippen LogP contribution in [0, 0.1) is 0 Å². The fourth-order valence-corrected chi connectivity index (χ4v) is 1.47. The number of nitrogens with zero attached hydrogens (tertiary/aromatic N) is 1. The summed E-state index contributed by atoms with van der Waals surface area (Å²) in [5.74, 6) is 0.666. The third kappa shape index (κ3) is 1.32. The zero-order valence-electron chi connectivity index (χ0n) is 7.54. The van der Waals surface area contributed by atoms with E-state index in [0.717, 1.165) is 12.8 Å². The number of primary amides is 1. The van der Waals surface area contributed by atoms with Gasteiger partial charge in [-0.3, -0.25) is 4.79 Å². The summed E-state index contributed by atoms with van der Waals surface area (Å²) in [5, 5.41) is 3.84. The number of carbonyl (C=O) groups is 1. The van der Waals surface area contributed by atoms with Crippen LogP contribution in [0.25, 0.3) is 0 Å². The molecule has 1 fully saturated rings. The smallest absolute Gasteiger partial charge is 0.254 e. The molecule has 0 bridgehead atoms. The Bertz CT molecular complexity index is 339. The lowest BCUT2D eigenvalue weighted by molar-refractivity contribution is 0.0997. The van der Waals surface area contributed by atoms with Gasteiger partial charge in [-0.15, -0.1) is 0 Å². The van der Waals surface area contributed by atoms with E-state index in [4.69, 9.17) is 10.3 Å². The average molecular weight is 180 g/mol. The Hall–Kier alpha value is -1.32. The molecular weight excluding hydrogens is 168 g/mol. The molecule has 13 heavy (non-hydrogen) atoms. The summed E-state index contributed by atoms with van der Waals surface area (Å²) in [5.41, 5.74) is 6.47. The Morgan fingerprint density at radius 3 is 2.85 bits per heavy atom. The highest BCUT2D eigenvalue weighted by Gasteiger charge is 2.33. The number of nitrogens with two attached hydrogens (primary N) is 1. The zero-order valence-corrected chi connectivity index (χ0v) is 7.54. The van der Waals surface area contributed by atoms with Gasteiger partial charge < -0.3 is 10.3 Å². The Labute approximate surface area is 76.1 Å². The number of aryl methyl sites for hydroxylation is 1. The molecular formula is C9H12N2O2. The SMILES string of the molecule is CCc1noc(C2CC2)c1C(N)=O. The van der Waals surface area contributed by atoms with E-state index >= 15 is 0 Å². The molecule has 0 spiro atoms. The average Bonchev–Trinajstić information content (AvgIpc) is 2.84. The highest BCUT2D eigenvalue weighted by molar-refractivity contribution is 5.95. The first-order chi connectivity index (χ1) is 6.24. The van der Waals surface area contributed by atoms with Gasteiger partial charge in [0.1, 0.15) is 5.56 Å². The normalized spacial score (nSPS) is 16.1. The highest BCUT2D eigenvalue weighted by atomic mass is 16.5. The van der Waals surface area contributed by atoms with Crippen LogP contribution in [-0.4, -0.2) is 11.1 Å². The fraction of sp³-hybridized carbons (Fsp3) is 0.556. The second-order valence-corrected chi connectivity index (χ2v) is 3.36. The molecule has 1 aliphatic carbocycles. The van der Waals surface area contributed by atoms with Gasteiger partial charge in [0.05, 0.1) is 5.69 Å². The van der Waals surface area contributed by atoms with Gasteiger partial charge in [0, 0.05) is 5.92 Å². The molecule has 0 aliphatic heterocycles. The third-order valence-electron chi connectivity index (χ3n) is 2.32. The number of amides is 1. The molecule has 0 unspecified atom stereocenters. The van der Waals surface area contributed by atoms with Gasteiger partial charge in [-0.25, -0.2) is 0 Å². The Morgan fingerprint density at radius 2 is 2.38 bits per heavy atom. The molecule has 1 amide bonds. The monoisotopic (exact) mass is 180 g/mol. The Balaban J connectivity index is 2.44. The maximum Gasteiger partial charge on any atom is 0.254 e. The van der Waals surface area contributed by atoms with Crippen molar-refractivity contribution in [1.29, 1.82) is 0 Å². The van der Waals surface area contributed by atoms with Gasteiger partial charge in [-0.05, 0) is 19.3 Å². The predicted molar refractivity (Wildman–Crippen MR) is 46.4 cm³/mol. The third-order valence-corrected chi connectivity index (χ3v) is 2.32. The van der Waals surface area contributed by atoms with Crippen molar-refractivity contribution in [2.75, 3.05) is 0 Å². The quantitative estimate of drug-likeness (QED) is 0.760. The van der Waals surface area contributed by atoms with E-state index in [1.165, 1.54) is 0 Å². The Morgan fingerprint density at radius 1 is 1.69 bits per heavy atom. The first kappa shape index (κ1) is 8.29. The lowest BCUT2D eigenvalue weighted by Crippen LogP contribution is -2.14. The van der Waals surface area contributed by atoms with Crippen LogP contribution in [0.1, 0.15) is 47.5 Å². The summed E-state index contributed by atoms with van der Waals surface area (Å²) < 4.78 is 5.12. The van der Waals surface area contributed by atoms with E-state index in [0.29, 0.717) is 29.4 Å². The summed E-state index contributed by atoms with van der Waals surface area (Å²) in [6, 6.07) is 0. The van der Waals surface area contributed by atoms with Crippen LogP contribution in [0.2, 0.25) is 0 Å². The fourth-order valence-electron chi connectivity index (χ4n) is 1.47. The molecule has 1 heterocycles. The highest BCUT2D eigenvalue weighted by Crippen LogP contribution is 2.42. The van der Waals surface area contributed by atoms with Gasteiger partial charge in [-0.1, -0.05) is 12.1 Å². The van der Waals surface area contributed by atoms with Gasteiger partial charge in [0.2, 0.25) is 0 Å². The summed E-state index contributed by atoms with van der Waals surface area (Å²) >= 11 is 0. The summed E-state index contributed by atoms with van der Waals surface area (Å²) in [7, 11) is 0. The van der Waals surface area contributed by atoms with Crippen molar-refractivity contribution >= 4 is 5.91 Å². The second-order valence-electron chi connectivity index (χ2n) is 3.36. The van der Waals surface area contributed by atoms with Crippen LogP contribution in [0.15, 0.2) is 4.52 Å². The zero-order chi connectivity index (χ0) is 9.42. The second kappa shape index (κ2) is 2.87. The van der Waals surface area contributed by atoms with Gasteiger partial charge >= 0.3 is 0 Å². The molecule has 1 aromatic rings. The first-order valence-electron chi connectivity index (χ1n) is 4.52. The van der Waals surface area contributed by atoms with Crippen LogP contribution in [0.3, 0.4) is 0 Å². The van der Waals surface area contributed by atoms with Gasteiger partial charge in [0.15, 0.2) is 5.76 Å². The van der Waals surface area contributed by atoms with E-state index in [1.807, 2.05) is 6.92 Å². The van der Waals surface area contributed by atoms with Crippen LogP contribution in [-0.2, 0) is 6.42 Å². The van der Waals surface area contributed by atoms with Crippen molar-refractivity contribution in [3.8, 4) is 0 Å². The molecule has 0 aromatic carbocycles. The topological polar surface area (TPSA) is 69.1 Å². The minimum absolute atomic E-state index is 0.385. The number of rotatable bonds is 3. The van der Waals surface area contributed by atoms with Crippen LogP contribution in [0.5, 0.6) is 0 Å². The maximum absolute atomic E-state index is 11.1. The number of hydrogen-bond donors (Lipinski definition) is 1. The van der Waals surface area contributed by atoms with Crippen molar-refractivity contribution in [2.45, 2.75) is 32.1 Å². The summed E-state index contributed by atoms with van der Waals surface area (Å²) in [4.78, 5) is 11.1. The minimum Gasteiger partial charge on any atom is -0.365 e. The minimum atomic E-state index is -0.417. The molecule has 1 aliphatic rings. The lowest BCUT2D eigenvalue weighted by atomic mass is 10.1. The number of hydrogen-bond acceptors (Lipinski definition) is 3. The lowest BCUT2D eigenvalue weighted by Gasteiger charge is -1.94. The van der Waals surface area contributed by atoms with Crippen molar-refractivity contribution in [1.82, 2.24) is 5.16 Å². The van der Waals surface area contributed by atoms with E-state index in [2.05, 4.69) is 5.16 Å². The molecule has 4 heteroatoms. The molecule has 1 saturated carbocycles. The molecule has 1 aromatic heterocycles. The number of aromatic nitrogens is 1. The van der Waals surface area contributed by atoms with Gasteiger partial charge in [-0.2, -0.15) is 0 Å². The van der Waals surface area contributed by atoms with Crippen molar-refractivity contribution in [3.05, 3.63) is 17.0 Å². The molecule has 0 atom stereocenters. The van der Waals surface area contributed by atoms with Crippen LogP contribution >= 0.6 is 0 Å². The van der Waals surface area contributed by atoms with Crippen molar-refractivity contribution < 1.29 is 9.32 Å².